The lowest BCUT2D eigenvalue weighted by molar-refractivity contribution is -0.141. The molecule has 1 amide bonds. The molecule has 0 bridgehead atoms. The Hall–Kier alpha value is -1.70. The first-order valence-corrected chi connectivity index (χ1v) is 6.80. The molecule has 1 rings (SSSR count). The average Bonchev–Trinajstić information content (AvgIpc) is 2.42. The van der Waals surface area contributed by atoms with Crippen LogP contribution in [-0.4, -0.2) is 42.5 Å². The quantitative estimate of drug-likeness (QED) is 0.618. The monoisotopic (exact) mass is 321 g/mol. The number of rotatable bonds is 5. The zero-order valence-electron chi connectivity index (χ0n) is 11.4. The van der Waals surface area contributed by atoms with Crippen molar-refractivity contribution in [3.63, 3.8) is 0 Å². The number of amides is 1. The van der Waals surface area contributed by atoms with Crippen LogP contribution in [0.25, 0.3) is 0 Å². The third-order valence-electron chi connectivity index (χ3n) is 2.55. The van der Waals surface area contributed by atoms with E-state index in [2.05, 4.69) is 4.74 Å². The summed E-state index contributed by atoms with van der Waals surface area (Å²) in [5.41, 5.74) is -4.15. The predicted molar refractivity (Wildman–Crippen MR) is 71.9 cm³/mol. The molecule has 0 fully saturated rings. The lowest BCUT2D eigenvalue weighted by atomic mass is 10.2. The fraction of sp³-hybridized carbons (Fsp3) is 0.385. The molecule has 0 spiro atoms. The summed E-state index contributed by atoms with van der Waals surface area (Å²) in [4.78, 5) is 24.5. The van der Waals surface area contributed by atoms with Crippen LogP contribution in [0.15, 0.2) is 29.2 Å². The van der Waals surface area contributed by atoms with Crippen molar-refractivity contribution < 1.29 is 27.5 Å². The van der Waals surface area contributed by atoms with Gasteiger partial charge in [0.2, 0.25) is 0 Å². The molecule has 0 unspecified atom stereocenters. The second-order valence-corrected chi connectivity index (χ2v) is 5.11. The highest BCUT2D eigenvalue weighted by molar-refractivity contribution is 8.00. The van der Waals surface area contributed by atoms with E-state index in [1.807, 2.05) is 0 Å². The molecule has 0 atom stereocenters. The Morgan fingerprint density at radius 3 is 2.24 bits per heavy atom. The van der Waals surface area contributed by atoms with E-state index in [0.717, 1.165) is 0 Å². The molecule has 8 heteroatoms. The maximum absolute atomic E-state index is 12.2. The molecular formula is C13H14F3NO3S. The minimum Gasteiger partial charge on any atom is -0.468 e. The van der Waals surface area contributed by atoms with E-state index in [4.69, 9.17) is 0 Å². The number of hydrogen-bond acceptors (Lipinski definition) is 4. The van der Waals surface area contributed by atoms with E-state index in [1.165, 1.54) is 36.3 Å². The summed E-state index contributed by atoms with van der Waals surface area (Å²) in [6.07, 6.45) is 0. The molecule has 116 valence electrons. The van der Waals surface area contributed by atoms with Crippen LogP contribution in [-0.2, 0) is 9.53 Å². The molecule has 1 aromatic rings. The highest BCUT2D eigenvalue weighted by Crippen LogP contribution is 2.36. The zero-order chi connectivity index (χ0) is 16.0. The number of likely N-dealkylation sites (N-methyl/N-ethyl adjacent to an activating group) is 1. The van der Waals surface area contributed by atoms with Gasteiger partial charge in [0.25, 0.3) is 5.91 Å². The summed E-state index contributed by atoms with van der Waals surface area (Å²) in [6, 6.07) is 5.04. The van der Waals surface area contributed by atoms with Gasteiger partial charge in [-0.05, 0) is 43.0 Å². The van der Waals surface area contributed by atoms with E-state index in [-0.39, 0.29) is 35.3 Å². The smallest absolute Gasteiger partial charge is 0.446 e. The van der Waals surface area contributed by atoms with Crippen molar-refractivity contribution in [3.05, 3.63) is 29.8 Å². The van der Waals surface area contributed by atoms with Crippen LogP contribution in [0, 0.1) is 0 Å². The van der Waals surface area contributed by atoms with Crippen LogP contribution in [0.3, 0.4) is 0 Å². The van der Waals surface area contributed by atoms with Gasteiger partial charge in [0, 0.05) is 17.0 Å². The van der Waals surface area contributed by atoms with E-state index in [0.29, 0.717) is 0 Å². The Morgan fingerprint density at radius 1 is 1.24 bits per heavy atom. The summed E-state index contributed by atoms with van der Waals surface area (Å²) in [7, 11) is 1.21. The molecule has 1 aromatic carbocycles. The number of carbonyl (C=O) groups is 2. The Kier molecular flexibility index (Phi) is 6.07. The fourth-order valence-electron chi connectivity index (χ4n) is 1.53. The lowest BCUT2D eigenvalue weighted by Crippen LogP contribution is -2.36. The SMILES string of the molecule is CCN(CC(=O)OC)C(=O)c1ccc(SC(F)(F)F)cc1. The van der Waals surface area contributed by atoms with Gasteiger partial charge in [0.15, 0.2) is 0 Å². The largest absolute Gasteiger partial charge is 0.468 e. The number of halogens is 3. The second kappa shape index (κ2) is 7.35. The number of methoxy groups -OCH3 is 1. The summed E-state index contributed by atoms with van der Waals surface area (Å²) >= 11 is -0.249. The van der Waals surface area contributed by atoms with Crippen LogP contribution in [0.4, 0.5) is 13.2 Å². The number of hydrogen-bond donors (Lipinski definition) is 0. The van der Waals surface area contributed by atoms with Gasteiger partial charge in [0.1, 0.15) is 6.54 Å². The standard InChI is InChI=1S/C13H14F3NO3S/c1-3-17(8-11(18)20-2)12(19)9-4-6-10(7-5-9)21-13(14,15)16/h4-7H,3,8H2,1-2H3. The molecule has 0 aliphatic rings. The summed E-state index contributed by atoms with van der Waals surface area (Å²) in [5, 5.41) is 0. The lowest BCUT2D eigenvalue weighted by Gasteiger charge is -2.19. The number of benzene rings is 1. The Balaban J connectivity index is 2.80. The average molecular weight is 321 g/mol. The third kappa shape index (κ3) is 5.66. The number of carbonyl (C=O) groups excluding carboxylic acids is 2. The van der Waals surface area contributed by atoms with Crippen molar-refractivity contribution in [1.29, 1.82) is 0 Å². The molecule has 4 nitrogen and oxygen atoms in total. The molecule has 0 heterocycles. The number of ether oxygens (including phenoxy) is 1. The number of alkyl halides is 3. The van der Waals surface area contributed by atoms with Gasteiger partial charge in [-0.3, -0.25) is 9.59 Å². The van der Waals surface area contributed by atoms with E-state index in [1.54, 1.807) is 6.92 Å². The maximum Gasteiger partial charge on any atom is 0.446 e. The van der Waals surface area contributed by atoms with Gasteiger partial charge in [0.05, 0.1) is 7.11 Å². The maximum atomic E-state index is 12.2. The Morgan fingerprint density at radius 2 is 1.81 bits per heavy atom. The van der Waals surface area contributed by atoms with Gasteiger partial charge in [-0.25, -0.2) is 0 Å². The molecule has 0 saturated carbocycles. The first-order chi connectivity index (χ1) is 9.76. The third-order valence-corrected chi connectivity index (χ3v) is 3.29. The Labute approximate surface area is 124 Å². The highest BCUT2D eigenvalue weighted by Gasteiger charge is 2.29. The van der Waals surface area contributed by atoms with Gasteiger partial charge in [-0.15, -0.1) is 0 Å². The molecule has 21 heavy (non-hydrogen) atoms. The second-order valence-electron chi connectivity index (χ2n) is 3.97. The zero-order valence-corrected chi connectivity index (χ0v) is 12.3. The van der Waals surface area contributed by atoms with Crippen LogP contribution in [0.5, 0.6) is 0 Å². The highest BCUT2D eigenvalue weighted by atomic mass is 32.2. The first kappa shape index (κ1) is 17.4. The van der Waals surface area contributed by atoms with Crippen LogP contribution >= 0.6 is 11.8 Å². The van der Waals surface area contributed by atoms with Gasteiger partial charge < -0.3 is 9.64 Å². The number of esters is 1. The molecule has 0 saturated heterocycles. The van der Waals surface area contributed by atoms with Gasteiger partial charge >= 0.3 is 11.5 Å². The van der Waals surface area contributed by atoms with Crippen LogP contribution in [0.2, 0.25) is 0 Å². The van der Waals surface area contributed by atoms with Gasteiger partial charge in [-0.2, -0.15) is 13.2 Å². The minimum atomic E-state index is -4.37. The summed E-state index contributed by atoms with van der Waals surface area (Å²) < 4.78 is 41.1. The minimum absolute atomic E-state index is 0.00457. The molecule has 0 N–H and O–H groups in total. The predicted octanol–water partition coefficient (Wildman–Crippen LogP) is 2.93. The van der Waals surface area contributed by atoms with Crippen molar-refractivity contribution in [1.82, 2.24) is 4.90 Å². The number of thioether (sulfide) groups is 1. The van der Waals surface area contributed by atoms with E-state index in [9.17, 15) is 22.8 Å². The molecule has 0 radical (unpaired) electrons. The molecule has 0 aliphatic carbocycles. The Bertz CT molecular complexity index is 502. The topological polar surface area (TPSA) is 46.6 Å². The van der Waals surface area contributed by atoms with E-state index >= 15 is 0 Å². The van der Waals surface area contributed by atoms with Crippen molar-refractivity contribution in [3.8, 4) is 0 Å². The van der Waals surface area contributed by atoms with Crippen molar-refractivity contribution in [2.24, 2.45) is 0 Å². The summed E-state index contributed by atoms with van der Waals surface area (Å²) in [6.45, 7) is 1.77. The van der Waals surface area contributed by atoms with Gasteiger partial charge in [-0.1, -0.05) is 0 Å². The number of nitrogens with zero attached hydrogens (tertiary/aromatic N) is 1. The van der Waals surface area contributed by atoms with Crippen molar-refractivity contribution in [2.45, 2.75) is 17.3 Å². The summed E-state index contributed by atoms with van der Waals surface area (Å²) in [5.74, 6) is -0.999. The first-order valence-electron chi connectivity index (χ1n) is 5.98. The molecule has 0 aliphatic heterocycles. The van der Waals surface area contributed by atoms with Crippen LogP contribution < -0.4 is 0 Å². The van der Waals surface area contributed by atoms with Crippen LogP contribution in [0.1, 0.15) is 17.3 Å². The normalized spacial score (nSPS) is 11.1. The van der Waals surface area contributed by atoms with Crippen molar-refractivity contribution >= 4 is 23.6 Å². The molecule has 0 aromatic heterocycles. The molecular weight excluding hydrogens is 307 g/mol. The van der Waals surface area contributed by atoms with Crippen molar-refractivity contribution in [2.75, 3.05) is 20.2 Å². The van der Waals surface area contributed by atoms with E-state index < -0.39 is 17.4 Å². The fourth-order valence-corrected chi connectivity index (χ4v) is 2.07.